The molecule has 0 amide bonds. The summed E-state index contributed by atoms with van der Waals surface area (Å²) in [6.45, 7) is 10.5. The van der Waals surface area contributed by atoms with E-state index < -0.39 is 0 Å². The monoisotopic (exact) mass is 187 g/mol. The number of ether oxygens (including phenoxy) is 1. The number of hydrogen-bond acceptors (Lipinski definition) is 2. The minimum atomic E-state index is 0.403. The van der Waals surface area contributed by atoms with E-state index in [1.165, 1.54) is 12.8 Å². The molecule has 0 aliphatic carbocycles. The molecule has 0 heterocycles. The SMILES string of the molecule is CCCC(OCC)C(CC)NCC. The van der Waals surface area contributed by atoms with Gasteiger partial charge in [-0.2, -0.15) is 0 Å². The predicted molar refractivity (Wildman–Crippen MR) is 58.1 cm³/mol. The zero-order valence-electron chi connectivity index (χ0n) is 9.60. The highest BCUT2D eigenvalue weighted by molar-refractivity contribution is 4.74. The molecule has 2 nitrogen and oxygen atoms in total. The number of nitrogens with one attached hydrogen (secondary N) is 1. The third kappa shape index (κ3) is 5.27. The molecule has 2 heteroatoms. The van der Waals surface area contributed by atoms with Crippen LogP contribution in [0.25, 0.3) is 0 Å². The van der Waals surface area contributed by atoms with Crippen molar-refractivity contribution < 1.29 is 4.74 Å². The molecule has 0 aliphatic rings. The number of rotatable bonds is 8. The fourth-order valence-corrected chi connectivity index (χ4v) is 1.70. The second kappa shape index (κ2) is 8.52. The number of hydrogen-bond donors (Lipinski definition) is 1. The first kappa shape index (κ1) is 12.9. The van der Waals surface area contributed by atoms with Crippen molar-refractivity contribution in [3.05, 3.63) is 0 Å². The van der Waals surface area contributed by atoms with Gasteiger partial charge in [0.2, 0.25) is 0 Å². The molecular formula is C11H25NO. The third-order valence-electron chi connectivity index (χ3n) is 2.31. The van der Waals surface area contributed by atoms with E-state index in [-0.39, 0.29) is 0 Å². The smallest absolute Gasteiger partial charge is 0.0727 e. The molecule has 0 aromatic heterocycles. The predicted octanol–water partition coefficient (Wildman–Crippen LogP) is 2.58. The van der Waals surface area contributed by atoms with E-state index in [1.54, 1.807) is 0 Å². The molecule has 0 saturated heterocycles. The molecule has 13 heavy (non-hydrogen) atoms. The van der Waals surface area contributed by atoms with Crippen molar-refractivity contribution in [1.82, 2.24) is 5.32 Å². The van der Waals surface area contributed by atoms with Crippen LogP contribution in [0.2, 0.25) is 0 Å². The molecule has 1 N–H and O–H groups in total. The van der Waals surface area contributed by atoms with Crippen LogP contribution in [0.4, 0.5) is 0 Å². The van der Waals surface area contributed by atoms with Gasteiger partial charge in [-0.05, 0) is 26.3 Å². The van der Waals surface area contributed by atoms with Gasteiger partial charge < -0.3 is 10.1 Å². The van der Waals surface area contributed by atoms with Crippen LogP contribution in [0.1, 0.15) is 47.0 Å². The van der Waals surface area contributed by atoms with Gasteiger partial charge in [0.1, 0.15) is 0 Å². The summed E-state index contributed by atoms with van der Waals surface area (Å²) < 4.78 is 5.73. The molecule has 80 valence electrons. The lowest BCUT2D eigenvalue weighted by Crippen LogP contribution is -2.40. The lowest BCUT2D eigenvalue weighted by atomic mass is 10.0. The van der Waals surface area contributed by atoms with Crippen molar-refractivity contribution >= 4 is 0 Å². The van der Waals surface area contributed by atoms with E-state index in [0.29, 0.717) is 12.1 Å². The van der Waals surface area contributed by atoms with Gasteiger partial charge in [-0.15, -0.1) is 0 Å². The molecule has 0 radical (unpaired) electrons. The fraction of sp³-hybridized carbons (Fsp3) is 1.00. The second-order valence-electron chi connectivity index (χ2n) is 3.35. The van der Waals surface area contributed by atoms with E-state index >= 15 is 0 Å². The minimum absolute atomic E-state index is 0.403. The van der Waals surface area contributed by atoms with Gasteiger partial charge in [-0.3, -0.25) is 0 Å². The largest absolute Gasteiger partial charge is 0.377 e. The van der Waals surface area contributed by atoms with Crippen molar-refractivity contribution in [2.24, 2.45) is 0 Å². The Morgan fingerprint density at radius 2 is 1.85 bits per heavy atom. The van der Waals surface area contributed by atoms with E-state index in [9.17, 15) is 0 Å². The van der Waals surface area contributed by atoms with Gasteiger partial charge in [0.15, 0.2) is 0 Å². The molecule has 0 aliphatic heterocycles. The molecule has 2 unspecified atom stereocenters. The number of likely N-dealkylation sites (N-methyl/N-ethyl adjacent to an activating group) is 1. The van der Waals surface area contributed by atoms with Crippen LogP contribution in [-0.2, 0) is 4.74 Å². The van der Waals surface area contributed by atoms with Crippen molar-refractivity contribution in [3.63, 3.8) is 0 Å². The topological polar surface area (TPSA) is 21.3 Å². The Morgan fingerprint density at radius 1 is 1.15 bits per heavy atom. The van der Waals surface area contributed by atoms with Crippen LogP contribution >= 0.6 is 0 Å². The average Bonchev–Trinajstić information content (AvgIpc) is 2.14. The zero-order valence-corrected chi connectivity index (χ0v) is 9.60. The summed E-state index contributed by atoms with van der Waals surface area (Å²) in [7, 11) is 0. The van der Waals surface area contributed by atoms with Gasteiger partial charge in [-0.1, -0.05) is 27.2 Å². The first-order valence-corrected chi connectivity index (χ1v) is 5.64. The van der Waals surface area contributed by atoms with E-state index in [2.05, 4.69) is 33.0 Å². The first-order chi connectivity index (χ1) is 6.29. The van der Waals surface area contributed by atoms with Crippen LogP contribution in [0.3, 0.4) is 0 Å². The van der Waals surface area contributed by atoms with E-state index in [4.69, 9.17) is 4.74 Å². The second-order valence-corrected chi connectivity index (χ2v) is 3.35. The first-order valence-electron chi connectivity index (χ1n) is 5.64. The van der Waals surface area contributed by atoms with Gasteiger partial charge in [0, 0.05) is 12.6 Å². The van der Waals surface area contributed by atoms with Crippen LogP contribution < -0.4 is 5.32 Å². The molecule has 0 spiro atoms. The average molecular weight is 187 g/mol. The summed E-state index contributed by atoms with van der Waals surface area (Å²) in [5, 5.41) is 3.48. The molecule has 0 aromatic rings. The summed E-state index contributed by atoms with van der Waals surface area (Å²) in [5.74, 6) is 0. The van der Waals surface area contributed by atoms with Crippen molar-refractivity contribution in [2.75, 3.05) is 13.2 Å². The van der Waals surface area contributed by atoms with Gasteiger partial charge in [0.25, 0.3) is 0 Å². The summed E-state index contributed by atoms with van der Waals surface area (Å²) in [5.41, 5.74) is 0. The quantitative estimate of drug-likeness (QED) is 0.630. The molecule has 0 bridgehead atoms. The Hall–Kier alpha value is -0.0800. The summed E-state index contributed by atoms with van der Waals surface area (Å²) in [4.78, 5) is 0. The molecule has 0 rings (SSSR count). The molecule has 0 fully saturated rings. The van der Waals surface area contributed by atoms with E-state index in [0.717, 1.165) is 19.6 Å². The van der Waals surface area contributed by atoms with Crippen molar-refractivity contribution in [3.8, 4) is 0 Å². The van der Waals surface area contributed by atoms with Crippen molar-refractivity contribution in [1.29, 1.82) is 0 Å². The Bertz CT molecular complexity index is 100. The highest BCUT2D eigenvalue weighted by Gasteiger charge is 2.17. The maximum absolute atomic E-state index is 5.73. The van der Waals surface area contributed by atoms with Gasteiger partial charge in [-0.25, -0.2) is 0 Å². The lowest BCUT2D eigenvalue weighted by molar-refractivity contribution is 0.0275. The normalized spacial score (nSPS) is 15.7. The maximum Gasteiger partial charge on any atom is 0.0727 e. The zero-order chi connectivity index (χ0) is 10.1. The van der Waals surface area contributed by atoms with Crippen LogP contribution in [0.5, 0.6) is 0 Å². The van der Waals surface area contributed by atoms with E-state index in [1.807, 2.05) is 0 Å². The molecule has 0 aromatic carbocycles. The van der Waals surface area contributed by atoms with Crippen LogP contribution in [0, 0.1) is 0 Å². The standard InChI is InChI=1S/C11H25NO/c1-5-9-11(13-8-4)10(6-2)12-7-3/h10-12H,5-9H2,1-4H3. The highest BCUT2D eigenvalue weighted by atomic mass is 16.5. The lowest BCUT2D eigenvalue weighted by Gasteiger charge is -2.26. The van der Waals surface area contributed by atoms with Crippen LogP contribution in [0.15, 0.2) is 0 Å². The summed E-state index contributed by atoms with van der Waals surface area (Å²) >= 11 is 0. The Labute approximate surface area is 83.1 Å². The highest BCUT2D eigenvalue weighted by Crippen LogP contribution is 2.10. The molecule has 0 saturated carbocycles. The summed E-state index contributed by atoms with van der Waals surface area (Å²) in [6.07, 6.45) is 3.92. The fourth-order valence-electron chi connectivity index (χ4n) is 1.70. The maximum atomic E-state index is 5.73. The Kier molecular flexibility index (Phi) is 8.46. The molecular weight excluding hydrogens is 162 g/mol. The Balaban J connectivity index is 3.94. The Morgan fingerprint density at radius 3 is 2.23 bits per heavy atom. The third-order valence-corrected chi connectivity index (χ3v) is 2.31. The van der Waals surface area contributed by atoms with Gasteiger partial charge >= 0.3 is 0 Å². The van der Waals surface area contributed by atoms with Gasteiger partial charge in [0.05, 0.1) is 6.10 Å². The molecule has 2 atom stereocenters. The van der Waals surface area contributed by atoms with Crippen molar-refractivity contribution in [2.45, 2.75) is 59.1 Å². The minimum Gasteiger partial charge on any atom is -0.377 e. The van der Waals surface area contributed by atoms with Crippen LogP contribution in [-0.4, -0.2) is 25.3 Å². The summed E-state index contributed by atoms with van der Waals surface area (Å²) in [6, 6.07) is 0.532.